The zero-order valence-corrected chi connectivity index (χ0v) is 22.8. The minimum Gasteiger partial charge on any atom is -0.480 e. The SMILES string of the molecule is C[C@H](NC(=O)CNC(=O)[C@H](Cc1c[nH]c2ccccc12)NC(=O)CNC(=O)CNC(=O)OCc1ccccc1)C(=O)O. The van der Waals surface area contributed by atoms with Gasteiger partial charge < -0.3 is 41.4 Å². The van der Waals surface area contributed by atoms with E-state index in [1.54, 1.807) is 30.5 Å². The van der Waals surface area contributed by atoms with Gasteiger partial charge in [-0.05, 0) is 24.1 Å². The highest BCUT2D eigenvalue weighted by Crippen LogP contribution is 2.19. The lowest BCUT2D eigenvalue weighted by molar-refractivity contribution is -0.141. The van der Waals surface area contributed by atoms with E-state index in [9.17, 15) is 28.8 Å². The number of fused-ring (bicyclic) bond motifs is 1. The number of hydrogen-bond acceptors (Lipinski definition) is 7. The van der Waals surface area contributed by atoms with Crippen molar-refractivity contribution in [3.05, 3.63) is 71.9 Å². The number of para-hydroxylation sites is 1. The lowest BCUT2D eigenvalue weighted by Crippen LogP contribution is -2.53. The van der Waals surface area contributed by atoms with E-state index in [1.165, 1.54) is 6.92 Å². The molecule has 1 aromatic heterocycles. The van der Waals surface area contributed by atoms with Gasteiger partial charge in [-0.2, -0.15) is 0 Å². The molecule has 3 rings (SSSR count). The number of alkyl carbamates (subject to hydrolysis) is 1. The molecule has 0 aliphatic carbocycles. The molecule has 5 amide bonds. The quantitative estimate of drug-likeness (QED) is 0.137. The molecule has 2 aromatic carbocycles. The first kappa shape index (κ1) is 31.1. The zero-order chi connectivity index (χ0) is 30.5. The summed E-state index contributed by atoms with van der Waals surface area (Å²) in [7, 11) is 0. The maximum absolute atomic E-state index is 13.0. The molecule has 0 saturated heterocycles. The van der Waals surface area contributed by atoms with Crippen molar-refractivity contribution in [3.8, 4) is 0 Å². The minimum atomic E-state index is -1.24. The van der Waals surface area contributed by atoms with Crippen LogP contribution in [0, 0.1) is 0 Å². The third-order valence-electron chi connectivity index (χ3n) is 5.97. The number of rotatable bonds is 14. The largest absolute Gasteiger partial charge is 0.480 e. The summed E-state index contributed by atoms with van der Waals surface area (Å²) < 4.78 is 5.02. The number of carboxylic acid groups (broad SMARTS) is 1. The molecule has 0 saturated carbocycles. The van der Waals surface area contributed by atoms with E-state index in [1.807, 2.05) is 30.3 Å². The molecule has 14 heteroatoms. The maximum atomic E-state index is 13.0. The smallest absolute Gasteiger partial charge is 0.407 e. The monoisotopic (exact) mass is 580 g/mol. The van der Waals surface area contributed by atoms with Gasteiger partial charge in [0.05, 0.1) is 13.1 Å². The first-order valence-electron chi connectivity index (χ1n) is 13.0. The minimum absolute atomic E-state index is 0.0246. The molecule has 222 valence electrons. The van der Waals surface area contributed by atoms with Gasteiger partial charge in [-0.15, -0.1) is 0 Å². The highest BCUT2D eigenvalue weighted by atomic mass is 16.5. The number of carboxylic acids is 1. The van der Waals surface area contributed by atoms with Crippen LogP contribution in [0.4, 0.5) is 4.79 Å². The van der Waals surface area contributed by atoms with E-state index in [0.717, 1.165) is 22.0 Å². The number of aromatic nitrogens is 1. The van der Waals surface area contributed by atoms with E-state index >= 15 is 0 Å². The molecule has 0 radical (unpaired) electrons. The van der Waals surface area contributed by atoms with Crippen LogP contribution in [0.15, 0.2) is 60.8 Å². The predicted octanol–water partition coefficient (Wildman–Crippen LogP) is -0.0567. The van der Waals surface area contributed by atoms with Gasteiger partial charge in [0.2, 0.25) is 23.6 Å². The van der Waals surface area contributed by atoms with Gasteiger partial charge in [0.1, 0.15) is 25.2 Å². The Morgan fingerprint density at radius 3 is 2.19 bits per heavy atom. The fraction of sp³-hybridized carbons (Fsp3) is 0.286. The Morgan fingerprint density at radius 2 is 1.45 bits per heavy atom. The molecule has 3 aromatic rings. The van der Waals surface area contributed by atoms with Crippen molar-refractivity contribution < 1.29 is 38.6 Å². The Labute approximate surface area is 240 Å². The van der Waals surface area contributed by atoms with Crippen LogP contribution in [0.25, 0.3) is 10.9 Å². The van der Waals surface area contributed by atoms with Crippen molar-refractivity contribution in [2.24, 2.45) is 0 Å². The van der Waals surface area contributed by atoms with Gasteiger partial charge in [0.25, 0.3) is 0 Å². The van der Waals surface area contributed by atoms with Crippen LogP contribution in [0.3, 0.4) is 0 Å². The van der Waals surface area contributed by atoms with Gasteiger partial charge in [0.15, 0.2) is 0 Å². The van der Waals surface area contributed by atoms with Crippen LogP contribution in [-0.2, 0) is 41.7 Å². The molecule has 0 unspecified atom stereocenters. The Kier molecular flexibility index (Phi) is 11.4. The van der Waals surface area contributed by atoms with E-state index in [-0.39, 0.29) is 13.0 Å². The van der Waals surface area contributed by atoms with E-state index in [4.69, 9.17) is 9.84 Å². The topological polar surface area (TPSA) is 208 Å². The highest BCUT2D eigenvalue weighted by Gasteiger charge is 2.24. The van der Waals surface area contributed by atoms with Crippen molar-refractivity contribution in [1.29, 1.82) is 0 Å². The van der Waals surface area contributed by atoms with Crippen molar-refractivity contribution >= 4 is 46.6 Å². The highest BCUT2D eigenvalue weighted by molar-refractivity contribution is 5.94. The number of aliphatic carboxylic acids is 1. The summed E-state index contributed by atoms with van der Waals surface area (Å²) in [4.78, 5) is 75.6. The number of aromatic amines is 1. The van der Waals surface area contributed by atoms with E-state index in [0.29, 0.717) is 0 Å². The normalized spacial score (nSPS) is 11.9. The van der Waals surface area contributed by atoms with Gasteiger partial charge in [-0.25, -0.2) is 4.79 Å². The third kappa shape index (κ3) is 9.97. The van der Waals surface area contributed by atoms with Crippen molar-refractivity contribution in [3.63, 3.8) is 0 Å². The van der Waals surface area contributed by atoms with Crippen LogP contribution in [0.1, 0.15) is 18.1 Å². The summed E-state index contributed by atoms with van der Waals surface area (Å²) >= 11 is 0. The fourth-order valence-corrected chi connectivity index (χ4v) is 3.79. The Balaban J connectivity index is 1.52. The second-order valence-electron chi connectivity index (χ2n) is 9.22. The van der Waals surface area contributed by atoms with Crippen molar-refractivity contribution in [2.45, 2.75) is 32.0 Å². The molecule has 14 nitrogen and oxygen atoms in total. The number of carbonyl (C=O) groups excluding carboxylic acids is 5. The number of ether oxygens (including phenoxy) is 1. The molecule has 7 N–H and O–H groups in total. The molecular weight excluding hydrogens is 548 g/mol. The Morgan fingerprint density at radius 1 is 0.810 bits per heavy atom. The molecule has 42 heavy (non-hydrogen) atoms. The number of amides is 5. The van der Waals surface area contributed by atoms with Crippen molar-refractivity contribution in [1.82, 2.24) is 31.6 Å². The van der Waals surface area contributed by atoms with Gasteiger partial charge in [0, 0.05) is 23.5 Å². The lowest BCUT2D eigenvalue weighted by Gasteiger charge is -2.19. The summed E-state index contributed by atoms with van der Waals surface area (Å²) in [5.41, 5.74) is 2.31. The third-order valence-corrected chi connectivity index (χ3v) is 5.97. The Hall–Kier alpha value is -5.40. The van der Waals surface area contributed by atoms with E-state index < -0.39 is 67.4 Å². The molecule has 0 bridgehead atoms. The Bertz CT molecular complexity index is 1420. The van der Waals surface area contributed by atoms with Crippen LogP contribution in [0.5, 0.6) is 0 Å². The van der Waals surface area contributed by atoms with Crippen LogP contribution in [0.2, 0.25) is 0 Å². The summed E-state index contributed by atoms with van der Waals surface area (Å²) in [5.74, 6) is -4.01. The summed E-state index contributed by atoms with van der Waals surface area (Å²) in [6.45, 7) is -0.145. The first-order valence-corrected chi connectivity index (χ1v) is 13.0. The number of H-pyrrole nitrogens is 1. The average Bonchev–Trinajstić information content (AvgIpc) is 3.39. The fourth-order valence-electron chi connectivity index (χ4n) is 3.79. The lowest BCUT2D eigenvalue weighted by atomic mass is 10.0. The molecule has 0 aliphatic heterocycles. The van der Waals surface area contributed by atoms with Crippen LogP contribution >= 0.6 is 0 Å². The van der Waals surface area contributed by atoms with E-state index in [2.05, 4.69) is 31.6 Å². The first-order chi connectivity index (χ1) is 20.1. The van der Waals surface area contributed by atoms with Crippen LogP contribution in [-0.4, -0.2) is 77.5 Å². The number of carbonyl (C=O) groups is 6. The molecular formula is C28H32N6O8. The van der Waals surface area contributed by atoms with Gasteiger partial charge in [-0.1, -0.05) is 48.5 Å². The molecule has 0 fully saturated rings. The standard InChI is InChI=1S/C28H32N6O8/c1-17(27(39)40)33-24(36)15-31-26(38)22(11-19-12-29-21-10-6-5-9-20(19)21)34-25(37)14-30-23(35)13-32-28(41)42-16-18-7-3-2-4-8-18/h2-10,12,17,22,29H,11,13-16H2,1H3,(H,30,35)(H,31,38)(H,32,41)(H,33,36)(H,34,37)(H,39,40)/t17-,22-/m0/s1. The second-order valence-corrected chi connectivity index (χ2v) is 9.22. The molecule has 2 atom stereocenters. The van der Waals surface area contributed by atoms with Crippen molar-refractivity contribution in [2.75, 3.05) is 19.6 Å². The number of hydrogen-bond donors (Lipinski definition) is 7. The second kappa shape index (κ2) is 15.4. The summed E-state index contributed by atoms with van der Waals surface area (Å²) in [6, 6.07) is 14.0. The van der Waals surface area contributed by atoms with Gasteiger partial charge in [-0.3, -0.25) is 24.0 Å². The summed E-state index contributed by atoms with van der Waals surface area (Å²) in [5, 5.41) is 21.6. The summed E-state index contributed by atoms with van der Waals surface area (Å²) in [6.07, 6.45) is 0.941. The zero-order valence-electron chi connectivity index (χ0n) is 22.8. The molecule has 0 aliphatic rings. The van der Waals surface area contributed by atoms with Gasteiger partial charge >= 0.3 is 12.1 Å². The molecule has 1 heterocycles. The maximum Gasteiger partial charge on any atom is 0.407 e. The predicted molar refractivity (Wildman–Crippen MR) is 150 cm³/mol. The number of nitrogens with one attached hydrogen (secondary N) is 6. The molecule has 0 spiro atoms. The van der Waals surface area contributed by atoms with Crippen LogP contribution < -0.4 is 26.6 Å². The number of benzene rings is 2. The average molecular weight is 581 g/mol.